The number of pyridine rings is 1. The third-order valence-electron chi connectivity index (χ3n) is 2.26. The maximum atomic E-state index is 11.0. The fraction of sp³-hybridized carbons (Fsp3) is 0. The maximum absolute atomic E-state index is 11.0. The molecule has 1 N–H and O–H groups in total. The SMILES string of the molecule is O=C(O)c1cncc2c1cnn2-c1nncs1. The van der Waals surface area contributed by atoms with Gasteiger partial charge in [-0.25, -0.2) is 9.48 Å². The Bertz CT molecular complexity index is 691. The van der Waals surface area contributed by atoms with Gasteiger partial charge in [-0.15, -0.1) is 10.2 Å². The van der Waals surface area contributed by atoms with Crippen molar-refractivity contribution in [1.29, 1.82) is 0 Å². The van der Waals surface area contributed by atoms with Gasteiger partial charge in [0.15, 0.2) is 0 Å². The van der Waals surface area contributed by atoms with Crippen LogP contribution < -0.4 is 0 Å². The summed E-state index contributed by atoms with van der Waals surface area (Å²) in [5.41, 5.74) is 2.30. The molecule has 0 saturated carbocycles. The molecule has 0 unspecified atom stereocenters. The molecule has 17 heavy (non-hydrogen) atoms. The van der Waals surface area contributed by atoms with Crippen molar-refractivity contribution < 1.29 is 9.90 Å². The van der Waals surface area contributed by atoms with E-state index >= 15 is 0 Å². The molecule has 0 saturated heterocycles. The Kier molecular flexibility index (Phi) is 2.08. The van der Waals surface area contributed by atoms with Crippen LogP contribution in [-0.2, 0) is 0 Å². The summed E-state index contributed by atoms with van der Waals surface area (Å²) in [5.74, 6) is -1.03. The number of nitrogens with zero attached hydrogens (tertiary/aromatic N) is 5. The fourth-order valence-corrected chi connectivity index (χ4v) is 2.05. The van der Waals surface area contributed by atoms with Gasteiger partial charge in [-0.2, -0.15) is 5.10 Å². The van der Waals surface area contributed by atoms with Gasteiger partial charge in [-0.1, -0.05) is 11.3 Å². The van der Waals surface area contributed by atoms with Crippen molar-refractivity contribution in [2.24, 2.45) is 0 Å². The van der Waals surface area contributed by atoms with Crippen LogP contribution in [0.4, 0.5) is 0 Å². The Hall–Kier alpha value is -2.35. The van der Waals surface area contributed by atoms with Gasteiger partial charge < -0.3 is 5.11 Å². The smallest absolute Gasteiger partial charge is 0.338 e. The molecule has 0 radical (unpaired) electrons. The molecule has 3 aromatic heterocycles. The second-order valence-corrected chi connectivity index (χ2v) is 4.01. The minimum absolute atomic E-state index is 0.123. The van der Waals surface area contributed by atoms with Crippen LogP contribution in [0.15, 0.2) is 24.1 Å². The molecule has 7 nitrogen and oxygen atoms in total. The molecule has 3 aromatic rings. The Balaban J connectivity index is 2.31. The fourth-order valence-electron chi connectivity index (χ4n) is 1.52. The lowest BCUT2D eigenvalue weighted by Crippen LogP contribution is -1.99. The zero-order chi connectivity index (χ0) is 11.8. The number of hydrogen-bond acceptors (Lipinski definition) is 6. The third-order valence-corrected chi connectivity index (χ3v) is 2.92. The van der Waals surface area contributed by atoms with Crippen LogP contribution in [-0.4, -0.2) is 36.0 Å². The van der Waals surface area contributed by atoms with Gasteiger partial charge >= 0.3 is 5.97 Å². The summed E-state index contributed by atoms with van der Waals surface area (Å²) in [5, 5.41) is 21.8. The van der Waals surface area contributed by atoms with Gasteiger partial charge in [-0.05, 0) is 0 Å². The first-order valence-corrected chi connectivity index (χ1v) is 5.47. The quantitative estimate of drug-likeness (QED) is 0.725. The van der Waals surface area contributed by atoms with Crippen LogP contribution in [0.5, 0.6) is 0 Å². The molecule has 84 valence electrons. The standard InChI is InChI=1S/C9H5N5O2S/c15-8(16)6-1-10-3-7-5(6)2-12-14(7)9-13-11-4-17-9/h1-4H,(H,15,16). The van der Waals surface area contributed by atoms with Crippen LogP contribution in [0.25, 0.3) is 16.0 Å². The zero-order valence-corrected chi connectivity index (χ0v) is 9.13. The molecule has 3 rings (SSSR count). The summed E-state index contributed by atoms with van der Waals surface area (Å²) < 4.78 is 1.52. The van der Waals surface area contributed by atoms with Crippen LogP contribution in [0, 0.1) is 0 Å². The van der Waals surface area contributed by atoms with Crippen molar-refractivity contribution in [2.45, 2.75) is 0 Å². The van der Waals surface area contributed by atoms with Crippen molar-refractivity contribution in [3.63, 3.8) is 0 Å². The lowest BCUT2D eigenvalue weighted by molar-refractivity contribution is 0.0698. The number of rotatable bonds is 2. The van der Waals surface area contributed by atoms with E-state index in [1.807, 2.05) is 0 Å². The molecule has 0 aliphatic carbocycles. The number of fused-ring (bicyclic) bond motifs is 1. The molecule has 0 amide bonds. The van der Waals surface area contributed by atoms with Gasteiger partial charge in [0.1, 0.15) is 5.51 Å². The summed E-state index contributed by atoms with van der Waals surface area (Å²) in [7, 11) is 0. The summed E-state index contributed by atoms with van der Waals surface area (Å²) in [6.45, 7) is 0. The Morgan fingerprint density at radius 3 is 2.94 bits per heavy atom. The summed E-state index contributed by atoms with van der Waals surface area (Å²) in [4.78, 5) is 14.9. The van der Waals surface area contributed by atoms with Crippen LogP contribution >= 0.6 is 11.3 Å². The molecule has 0 aliphatic rings. The molecule has 0 spiro atoms. The molecular formula is C9H5N5O2S. The lowest BCUT2D eigenvalue weighted by atomic mass is 10.2. The largest absolute Gasteiger partial charge is 0.478 e. The van der Waals surface area contributed by atoms with E-state index in [-0.39, 0.29) is 5.56 Å². The second-order valence-electron chi connectivity index (χ2n) is 3.20. The van der Waals surface area contributed by atoms with E-state index in [0.717, 1.165) is 0 Å². The van der Waals surface area contributed by atoms with Crippen LogP contribution in [0.2, 0.25) is 0 Å². The van der Waals surface area contributed by atoms with Crippen molar-refractivity contribution in [2.75, 3.05) is 0 Å². The molecule has 0 aromatic carbocycles. The monoisotopic (exact) mass is 247 g/mol. The molecule has 0 aliphatic heterocycles. The molecular weight excluding hydrogens is 242 g/mol. The highest BCUT2D eigenvalue weighted by molar-refractivity contribution is 7.11. The Labute approximate surface area is 98.4 Å². The minimum atomic E-state index is -1.03. The van der Waals surface area contributed by atoms with Crippen LogP contribution in [0.1, 0.15) is 10.4 Å². The third kappa shape index (κ3) is 1.46. The van der Waals surface area contributed by atoms with Crippen molar-refractivity contribution in [3.8, 4) is 5.13 Å². The highest BCUT2D eigenvalue weighted by atomic mass is 32.1. The number of aromatic nitrogens is 5. The van der Waals surface area contributed by atoms with Crippen molar-refractivity contribution >= 4 is 28.2 Å². The molecule has 0 fully saturated rings. The molecule has 0 bridgehead atoms. The number of carbonyl (C=O) groups is 1. The Morgan fingerprint density at radius 1 is 1.35 bits per heavy atom. The van der Waals surface area contributed by atoms with Gasteiger partial charge in [0.2, 0.25) is 5.13 Å². The average molecular weight is 247 g/mol. The lowest BCUT2D eigenvalue weighted by Gasteiger charge is -1.98. The van der Waals surface area contributed by atoms with Crippen molar-refractivity contribution in [3.05, 3.63) is 29.7 Å². The predicted molar refractivity (Wildman–Crippen MR) is 59.3 cm³/mol. The van der Waals surface area contributed by atoms with Gasteiger partial charge in [0, 0.05) is 11.6 Å². The van der Waals surface area contributed by atoms with E-state index in [4.69, 9.17) is 5.11 Å². The molecule has 3 heterocycles. The van der Waals surface area contributed by atoms with Crippen molar-refractivity contribution in [1.82, 2.24) is 25.0 Å². The highest BCUT2D eigenvalue weighted by Crippen LogP contribution is 2.20. The summed E-state index contributed by atoms with van der Waals surface area (Å²) in [6, 6.07) is 0. The predicted octanol–water partition coefficient (Wildman–Crippen LogP) is 0.970. The first kappa shape index (κ1) is 9.85. The van der Waals surface area contributed by atoms with E-state index < -0.39 is 5.97 Å². The van der Waals surface area contributed by atoms with Crippen LogP contribution in [0.3, 0.4) is 0 Å². The number of carboxylic acids is 1. The zero-order valence-electron chi connectivity index (χ0n) is 8.31. The van der Waals surface area contributed by atoms with E-state index in [2.05, 4.69) is 20.3 Å². The first-order valence-electron chi connectivity index (χ1n) is 4.59. The molecule has 0 atom stereocenters. The number of carboxylic acid groups (broad SMARTS) is 1. The van der Waals surface area contributed by atoms with E-state index in [9.17, 15) is 4.79 Å². The van der Waals surface area contributed by atoms with Gasteiger partial charge in [0.05, 0.1) is 23.5 Å². The second kappa shape index (κ2) is 3.59. The topological polar surface area (TPSA) is 93.8 Å². The highest BCUT2D eigenvalue weighted by Gasteiger charge is 2.14. The van der Waals surface area contributed by atoms with E-state index in [1.165, 1.54) is 28.4 Å². The average Bonchev–Trinajstić information content (AvgIpc) is 2.96. The van der Waals surface area contributed by atoms with E-state index in [1.54, 1.807) is 11.7 Å². The minimum Gasteiger partial charge on any atom is -0.478 e. The molecule has 8 heteroatoms. The number of hydrogen-bond donors (Lipinski definition) is 1. The normalized spacial score (nSPS) is 10.8. The summed E-state index contributed by atoms with van der Waals surface area (Å²) >= 11 is 1.31. The Morgan fingerprint density at radius 2 is 2.24 bits per heavy atom. The maximum Gasteiger partial charge on any atom is 0.338 e. The van der Waals surface area contributed by atoms with Gasteiger partial charge in [0.25, 0.3) is 0 Å². The van der Waals surface area contributed by atoms with E-state index in [0.29, 0.717) is 16.0 Å². The van der Waals surface area contributed by atoms with Gasteiger partial charge in [-0.3, -0.25) is 4.98 Å². The number of aromatic carboxylic acids is 1. The first-order chi connectivity index (χ1) is 8.27. The summed E-state index contributed by atoms with van der Waals surface area (Å²) in [6.07, 6.45) is 4.34.